The molecule has 0 amide bonds. The van der Waals surface area contributed by atoms with Gasteiger partial charge in [0.15, 0.2) is 15.6 Å². The lowest BCUT2D eigenvalue weighted by molar-refractivity contribution is -0.384. The number of nitrogens with zero attached hydrogens (tertiary/aromatic N) is 1. The molecule has 0 N–H and O–H groups in total. The van der Waals surface area contributed by atoms with Crippen LogP contribution in [0.4, 0.5) is 5.69 Å². The van der Waals surface area contributed by atoms with Gasteiger partial charge in [-0.15, -0.1) is 11.3 Å². The molecule has 0 bridgehead atoms. The molecule has 0 unspecified atom stereocenters. The molecule has 0 fully saturated rings. The predicted molar refractivity (Wildman–Crippen MR) is 104 cm³/mol. The smallest absolute Gasteiger partial charge is 0.339 e. The van der Waals surface area contributed by atoms with Crippen molar-refractivity contribution in [2.24, 2.45) is 0 Å². The van der Waals surface area contributed by atoms with Gasteiger partial charge in [0.1, 0.15) is 4.90 Å². The van der Waals surface area contributed by atoms with Crippen LogP contribution in [0.2, 0.25) is 0 Å². The van der Waals surface area contributed by atoms with E-state index in [0.29, 0.717) is 4.88 Å². The molecule has 1 aromatic heterocycles. The van der Waals surface area contributed by atoms with E-state index in [1.165, 1.54) is 41.7 Å². The molecule has 0 spiro atoms. The molecule has 3 aromatic rings. The number of hydrogen-bond acceptors (Lipinski definition) is 8. The summed E-state index contributed by atoms with van der Waals surface area (Å²) in [4.78, 5) is 10.5. The number of hydrogen-bond donors (Lipinski definition) is 0. The zero-order chi connectivity index (χ0) is 20.5. The summed E-state index contributed by atoms with van der Waals surface area (Å²) in [7, 11) is -7.98. The second-order valence-electron chi connectivity index (χ2n) is 5.70. The van der Waals surface area contributed by atoms with Gasteiger partial charge in [-0.3, -0.25) is 10.1 Å². The van der Waals surface area contributed by atoms with Gasteiger partial charge in [0.2, 0.25) is 0 Å². The second-order valence-corrected chi connectivity index (χ2v) is 10.2. The first-order valence-corrected chi connectivity index (χ1v) is 11.8. The molecular formula is C17H13NO7S3. The van der Waals surface area contributed by atoms with Crippen molar-refractivity contribution in [1.29, 1.82) is 0 Å². The summed E-state index contributed by atoms with van der Waals surface area (Å²) in [6, 6.07) is 11.7. The fourth-order valence-electron chi connectivity index (χ4n) is 2.36. The molecule has 3 rings (SSSR count). The highest BCUT2D eigenvalue weighted by atomic mass is 32.2. The van der Waals surface area contributed by atoms with E-state index in [-0.39, 0.29) is 26.8 Å². The monoisotopic (exact) mass is 439 g/mol. The van der Waals surface area contributed by atoms with Crippen LogP contribution in [0.25, 0.3) is 10.4 Å². The van der Waals surface area contributed by atoms with Crippen molar-refractivity contribution in [3.63, 3.8) is 0 Å². The third-order valence-electron chi connectivity index (χ3n) is 3.68. The Morgan fingerprint density at radius 2 is 1.68 bits per heavy atom. The second kappa shape index (κ2) is 7.34. The van der Waals surface area contributed by atoms with Crippen LogP contribution < -0.4 is 4.18 Å². The number of non-ortho nitro benzene ring substituents is 1. The van der Waals surface area contributed by atoms with E-state index in [0.717, 1.165) is 18.4 Å². The molecule has 28 heavy (non-hydrogen) atoms. The Morgan fingerprint density at radius 3 is 2.29 bits per heavy atom. The Morgan fingerprint density at radius 1 is 0.964 bits per heavy atom. The van der Waals surface area contributed by atoms with Crippen molar-refractivity contribution in [1.82, 2.24) is 0 Å². The molecule has 0 aliphatic carbocycles. The largest absolute Gasteiger partial charge is 0.378 e. The van der Waals surface area contributed by atoms with Crippen LogP contribution in [0.1, 0.15) is 0 Å². The number of nitro groups is 1. The van der Waals surface area contributed by atoms with Crippen LogP contribution >= 0.6 is 11.3 Å². The summed E-state index contributed by atoms with van der Waals surface area (Å²) in [5.41, 5.74) is 0.0271. The van der Waals surface area contributed by atoms with Crippen LogP contribution in [0, 0.1) is 10.1 Å². The van der Waals surface area contributed by atoms with E-state index >= 15 is 0 Å². The van der Waals surface area contributed by atoms with Crippen LogP contribution in [0.5, 0.6) is 5.75 Å². The fraction of sp³-hybridized carbons (Fsp3) is 0.0588. The van der Waals surface area contributed by atoms with Crippen molar-refractivity contribution in [2.75, 3.05) is 6.26 Å². The topological polar surface area (TPSA) is 121 Å². The van der Waals surface area contributed by atoms with E-state index in [1.807, 2.05) is 0 Å². The Labute approximate surface area is 165 Å². The SMILES string of the molecule is CS(=O)(=O)c1cccc(S(=O)(=O)Oc2ccc([N+](=O)[O-])cc2-c2cccs2)c1. The van der Waals surface area contributed by atoms with Gasteiger partial charge in [0.25, 0.3) is 5.69 Å². The number of sulfone groups is 1. The molecule has 0 saturated carbocycles. The average molecular weight is 439 g/mol. The average Bonchev–Trinajstić information content (AvgIpc) is 3.15. The zero-order valence-electron chi connectivity index (χ0n) is 14.3. The highest BCUT2D eigenvalue weighted by Crippen LogP contribution is 2.37. The maximum absolute atomic E-state index is 12.7. The van der Waals surface area contributed by atoms with Crippen LogP contribution in [0.15, 0.2) is 69.8 Å². The lowest BCUT2D eigenvalue weighted by Gasteiger charge is -2.11. The van der Waals surface area contributed by atoms with Gasteiger partial charge < -0.3 is 4.18 Å². The van der Waals surface area contributed by atoms with Gasteiger partial charge in [0.05, 0.1) is 9.82 Å². The van der Waals surface area contributed by atoms with Gasteiger partial charge in [-0.1, -0.05) is 12.1 Å². The molecule has 8 nitrogen and oxygen atoms in total. The summed E-state index contributed by atoms with van der Waals surface area (Å²) in [6.45, 7) is 0. The summed E-state index contributed by atoms with van der Waals surface area (Å²) in [5, 5.41) is 12.8. The summed E-state index contributed by atoms with van der Waals surface area (Å²) >= 11 is 1.26. The Kier molecular flexibility index (Phi) is 5.24. The van der Waals surface area contributed by atoms with Crippen molar-refractivity contribution < 1.29 is 25.9 Å². The minimum absolute atomic E-state index is 0.0993. The molecule has 2 aromatic carbocycles. The van der Waals surface area contributed by atoms with Gasteiger partial charge >= 0.3 is 10.1 Å². The first-order chi connectivity index (χ1) is 13.1. The molecular weight excluding hydrogens is 426 g/mol. The fourth-order valence-corrected chi connectivity index (χ4v) is 4.84. The lowest BCUT2D eigenvalue weighted by atomic mass is 10.1. The number of benzene rings is 2. The van der Waals surface area contributed by atoms with Crippen molar-refractivity contribution in [3.8, 4) is 16.2 Å². The minimum atomic E-state index is -4.37. The van der Waals surface area contributed by atoms with Gasteiger partial charge in [-0.2, -0.15) is 8.42 Å². The maximum Gasteiger partial charge on any atom is 0.339 e. The molecule has 146 valence electrons. The number of thiophene rings is 1. The maximum atomic E-state index is 12.7. The molecule has 0 radical (unpaired) electrons. The molecule has 0 aliphatic rings. The Balaban J connectivity index is 2.07. The third-order valence-corrected chi connectivity index (χ3v) is 6.93. The van der Waals surface area contributed by atoms with Crippen LogP contribution in [-0.2, 0) is 20.0 Å². The Hall–Kier alpha value is -2.76. The first kappa shape index (κ1) is 20.0. The lowest BCUT2D eigenvalue weighted by Crippen LogP contribution is -2.11. The first-order valence-electron chi connectivity index (χ1n) is 7.65. The van der Waals surface area contributed by atoms with E-state index in [2.05, 4.69) is 0 Å². The predicted octanol–water partition coefficient (Wildman–Crippen LogP) is 3.49. The Bertz CT molecular complexity index is 1250. The van der Waals surface area contributed by atoms with Gasteiger partial charge in [-0.05, 0) is 35.7 Å². The van der Waals surface area contributed by atoms with Crippen LogP contribution in [0.3, 0.4) is 0 Å². The van der Waals surface area contributed by atoms with E-state index in [1.54, 1.807) is 17.5 Å². The molecule has 1 heterocycles. The van der Waals surface area contributed by atoms with Crippen molar-refractivity contribution in [3.05, 3.63) is 70.1 Å². The standard InChI is InChI=1S/C17H13NO7S3/c1-27(21,22)13-4-2-5-14(11-13)28(23,24)25-16-8-7-12(18(19)20)10-15(16)17-6-3-9-26-17/h2-11H,1H3. The third kappa shape index (κ3) is 4.21. The minimum Gasteiger partial charge on any atom is -0.378 e. The molecule has 11 heteroatoms. The van der Waals surface area contributed by atoms with Gasteiger partial charge in [0, 0.05) is 28.8 Å². The quantitative estimate of drug-likeness (QED) is 0.327. The van der Waals surface area contributed by atoms with Gasteiger partial charge in [-0.25, -0.2) is 8.42 Å². The number of nitro benzene ring substituents is 1. The summed E-state index contributed by atoms with van der Waals surface area (Å²) in [6.07, 6.45) is 0.963. The highest BCUT2D eigenvalue weighted by Gasteiger charge is 2.23. The van der Waals surface area contributed by atoms with Crippen LogP contribution in [-0.4, -0.2) is 28.0 Å². The molecule has 0 saturated heterocycles. The zero-order valence-corrected chi connectivity index (χ0v) is 16.8. The van der Waals surface area contributed by atoms with E-state index in [9.17, 15) is 26.9 Å². The van der Waals surface area contributed by atoms with E-state index < -0.39 is 24.9 Å². The molecule has 0 atom stereocenters. The summed E-state index contributed by atoms with van der Waals surface area (Å²) < 4.78 is 53.9. The molecule has 0 aliphatic heterocycles. The normalized spacial score (nSPS) is 11.9. The number of rotatable bonds is 6. The van der Waals surface area contributed by atoms with Crippen molar-refractivity contribution in [2.45, 2.75) is 9.79 Å². The highest BCUT2D eigenvalue weighted by molar-refractivity contribution is 7.90. The summed E-state index contributed by atoms with van der Waals surface area (Å²) in [5.74, 6) is -0.0993. The van der Waals surface area contributed by atoms with Crippen molar-refractivity contribution >= 4 is 37.0 Å². The van der Waals surface area contributed by atoms with E-state index in [4.69, 9.17) is 4.18 Å².